The molecule has 6 heteroatoms. The third-order valence-corrected chi connectivity index (χ3v) is 5.00. The molecule has 0 aliphatic carbocycles. The number of hydrogen-bond donors (Lipinski definition) is 0. The van der Waals surface area contributed by atoms with Gasteiger partial charge in [-0.15, -0.1) is 23.5 Å². The van der Waals surface area contributed by atoms with Gasteiger partial charge in [0.1, 0.15) is 11.4 Å². The van der Waals surface area contributed by atoms with Crippen LogP contribution in [0.3, 0.4) is 0 Å². The molecule has 0 fully saturated rings. The minimum atomic E-state index is -0.0504. The summed E-state index contributed by atoms with van der Waals surface area (Å²) < 4.78 is 7.89. The molecular formula is C15H16N2O2S2. The minimum Gasteiger partial charge on any atom is -0.497 e. The number of hydrogen-bond acceptors (Lipinski definition) is 5. The van der Waals surface area contributed by atoms with Gasteiger partial charge in [0.15, 0.2) is 0 Å². The van der Waals surface area contributed by atoms with Crippen molar-refractivity contribution in [1.82, 2.24) is 9.55 Å². The maximum atomic E-state index is 12.9. The fraction of sp³-hybridized carbons (Fsp3) is 0.200. The van der Waals surface area contributed by atoms with E-state index >= 15 is 0 Å². The molecule has 1 heterocycles. The molecule has 0 saturated heterocycles. The number of carbonyl (C=O) groups is 1. The molecular weight excluding hydrogens is 304 g/mol. The van der Waals surface area contributed by atoms with E-state index in [-0.39, 0.29) is 5.78 Å². The molecule has 0 bridgehead atoms. The zero-order valence-corrected chi connectivity index (χ0v) is 13.7. The van der Waals surface area contributed by atoms with Crippen molar-refractivity contribution in [3.05, 3.63) is 52.8 Å². The summed E-state index contributed by atoms with van der Waals surface area (Å²) in [7, 11) is 1.59. The van der Waals surface area contributed by atoms with Gasteiger partial charge >= 0.3 is 0 Å². The van der Waals surface area contributed by atoms with Gasteiger partial charge < -0.3 is 9.30 Å². The first kappa shape index (κ1) is 15.7. The largest absolute Gasteiger partial charge is 0.497 e. The van der Waals surface area contributed by atoms with Crippen molar-refractivity contribution in [3.8, 4) is 5.75 Å². The summed E-state index contributed by atoms with van der Waals surface area (Å²) in [6.07, 6.45) is 9.00. The van der Waals surface area contributed by atoms with Crippen LogP contribution < -0.4 is 4.74 Å². The second kappa shape index (κ2) is 7.38. The SMILES string of the molecule is COc1cccc(C(=O)C(=C(SC)SC)n2ccnc2)c1. The van der Waals surface area contributed by atoms with E-state index in [4.69, 9.17) is 4.74 Å². The van der Waals surface area contributed by atoms with Crippen LogP contribution in [0.5, 0.6) is 5.75 Å². The normalized spacial score (nSPS) is 10.2. The molecule has 2 aromatic rings. The summed E-state index contributed by atoms with van der Waals surface area (Å²) in [4.78, 5) is 16.9. The van der Waals surface area contributed by atoms with Gasteiger partial charge in [-0.2, -0.15) is 0 Å². The number of carbonyl (C=O) groups excluding carboxylic acids is 1. The van der Waals surface area contributed by atoms with Crippen molar-refractivity contribution in [2.75, 3.05) is 19.6 Å². The standard InChI is InChI=1S/C15H16N2O2S2/c1-19-12-6-4-5-11(9-12)14(18)13(15(20-2)21-3)17-8-7-16-10-17/h4-10H,1-3H3. The molecule has 2 rings (SSSR count). The van der Waals surface area contributed by atoms with E-state index in [9.17, 15) is 4.79 Å². The Hall–Kier alpha value is -1.66. The Balaban J connectivity index is 2.51. The van der Waals surface area contributed by atoms with Gasteiger partial charge in [-0.05, 0) is 24.6 Å². The van der Waals surface area contributed by atoms with Crippen LogP contribution in [0.25, 0.3) is 5.70 Å². The number of nitrogens with zero attached hydrogens (tertiary/aromatic N) is 2. The summed E-state index contributed by atoms with van der Waals surface area (Å²) >= 11 is 3.10. The first-order chi connectivity index (χ1) is 10.2. The van der Waals surface area contributed by atoms with E-state index in [0.29, 0.717) is 17.0 Å². The number of ketones is 1. The van der Waals surface area contributed by atoms with Gasteiger partial charge in [-0.1, -0.05) is 12.1 Å². The maximum absolute atomic E-state index is 12.9. The van der Waals surface area contributed by atoms with Crippen LogP contribution in [0.4, 0.5) is 0 Å². The number of allylic oxidation sites excluding steroid dienone is 1. The van der Waals surface area contributed by atoms with Crippen molar-refractivity contribution in [1.29, 1.82) is 0 Å². The first-order valence-electron chi connectivity index (χ1n) is 6.20. The van der Waals surface area contributed by atoms with E-state index in [1.165, 1.54) is 0 Å². The quantitative estimate of drug-likeness (QED) is 0.601. The lowest BCUT2D eigenvalue weighted by Gasteiger charge is -2.12. The number of aromatic nitrogens is 2. The Bertz CT molecular complexity index is 645. The Labute approximate surface area is 132 Å². The fourth-order valence-corrected chi connectivity index (χ4v) is 3.33. The molecule has 0 spiro atoms. The van der Waals surface area contributed by atoms with Gasteiger partial charge in [0.25, 0.3) is 0 Å². The highest BCUT2D eigenvalue weighted by molar-refractivity contribution is 8.22. The van der Waals surface area contributed by atoms with Crippen molar-refractivity contribution in [2.45, 2.75) is 0 Å². The van der Waals surface area contributed by atoms with E-state index in [1.54, 1.807) is 66.1 Å². The number of benzene rings is 1. The first-order valence-corrected chi connectivity index (χ1v) is 8.65. The Morgan fingerprint density at radius 1 is 1.29 bits per heavy atom. The van der Waals surface area contributed by atoms with Crippen LogP contribution in [-0.2, 0) is 0 Å². The highest BCUT2D eigenvalue weighted by Gasteiger charge is 2.19. The van der Waals surface area contributed by atoms with Crippen molar-refractivity contribution >= 4 is 35.0 Å². The Kier molecular flexibility index (Phi) is 5.52. The van der Waals surface area contributed by atoms with Gasteiger partial charge in [-0.3, -0.25) is 4.79 Å². The lowest BCUT2D eigenvalue weighted by molar-refractivity contribution is 0.105. The molecule has 110 valence electrons. The third kappa shape index (κ3) is 3.51. The smallest absolute Gasteiger partial charge is 0.211 e. The molecule has 0 N–H and O–H groups in total. The summed E-state index contributed by atoms with van der Waals surface area (Å²) in [6.45, 7) is 0. The van der Waals surface area contributed by atoms with Crippen LogP contribution in [0.1, 0.15) is 10.4 Å². The fourth-order valence-electron chi connectivity index (χ4n) is 1.88. The highest BCUT2D eigenvalue weighted by Crippen LogP contribution is 2.32. The zero-order chi connectivity index (χ0) is 15.2. The molecule has 0 atom stereocenters. The van der Waals surface area contributed by atoms with E-state index < -0.39 is 0 Å². The van der Waals surface area contributed by atoms with Crippen molar-refractivity contribution in [3.63, 3.8) is 0 Å². The number of methoxy groups -OCH3 is 1. The average Bonchev–Trinajstić information content (AvgIpc) is 3.05. The predicted octanol–water partition coefficient (Wildman–Crippen LogP) is 3.63. The van der Waals surface area contributed by atoms with E-state index in [2.05, 4.69) is 4.98 Å². The zero-order valence-electron chi connectivity index (χ0n) is 12.1. The molecule has 0 amide bonds. The number of Topliss-reactive ketones (excluding diaryl/α,β-unsaturated/α-hetero) is 1. The number of rotatable bonds is 6. The molecule has 0 unspecified atom stereocenters. The number of thioether (sulfide) groups is 2. The van der Waals surface area contributed by atoms with Gasteiger partial charge in [0.2, 0.25) is 5.78 Å². The molecule has 0 saturated carbocycles. The molecule has 21 heavy (non-hydrogen) atoms. The summed E-state index contributed by atoms with van der Waals surface area (Å²) in [6, 6.07) is 7.18. The minimum absolute atomic E-state index is 0.0504. The number of imidazole rings is 1. The maximum Gasteiger partial charge on any atom is 0.211 e. The topological polar surface area (TPSA) is 44.1 Å². The van der Waals surface area contributed by atoms with Crippen LogP contribution in [0.15, 0.2) is 47.2 Å². The van der Waals surface area contributed by atoms with Crippen LogP contribution in [0, 0.1) is 0 Å². The molecule has 0 aliphatic heterocycles. The molecule has 1 aromatic heterocycles. The Morgan fingerprint density at radius 3 is 2.62 bits per heavy atom. The number of ether oxygens (including phenoxy) is 1. The summed E-state index contributed by atoms with van der Waals surface area (Å²) in [5, 5.41) is 0. The second-order valence-corrected chi connectivity index (χ2v) is 5.97. The predicted molar refractivity (Wildman–Crippen MR) is 89.8 cm³/mol. The molecule has 0 radical (unpaired) electrons. The monoisotopic (exact) mass is 320 g/mol. The second-order valence-electron chi connectivity index (χ2n) is 4.08. The van der Waals surface area contributed by atoms with Crippen LogP contribution in [-0.4, -0.2) is 35.0 Å². The molecule has 4 nitrogen and oxygen atoms in total. The van der Waals surface area contributed by atoms with Crippen molar-refractivity contribution < 1.29 is 9.53 Å². The van der Waals surface area contributed by atoms with Crippen molar-refractivity contribution in [2.24, 2.45) is 0 Å². The van der Waals surface area contributed by atoms with Gasteiger partial charge in [0, 0.05) is 18.0 Å². The molecule has 1 aromatic carbocycles. The lowest BCUT2D eigenvalue weighted by Crippen LogP contribution is -2.10. The summed E-state index contributed by atoms with van der Waals surface area (Å²) in [5.41, 5.74) is 1.21. The lowest BCUT2D eigenvalue weighted by atomic mass is 10.1. The van der Waals surface area contributed by atoms with Crippen LogP contribution >= 0.6 is 23.5 Å². The Morgan fingerprint density at radius 2 is 2.05 bits per heavy atom. The van der Waals surface area contributed by atoms with E-state index in [0.717, 1.165) is 4.24 Å². The van der Waals surface area contributed by atoms with E-state index in [1.807, 2.05) is 24.6 Å². The summed E-state index contributed by atoms with van der Waals surface area (Å²) in [5.74, 6) is 0.617. The van der Waals surface area contributed by atoms with Gasteiger partial charge in [0.05, 0.1) is 17.7 Å². The third-order valence-electron chi connectivity index (χ3n) is 2.87. The average molecular weight is 320 g/mol. The van der Waals surface area contributed by atoms with Crippen LogP contribution in [0.2, 0.25) is 0 Å². The highest BCUT2D eigenvalue weighted by atomic mass is 32.2. The van der Waals surface area contributed by atoms with Gasteiger partial charge in [-0.25, -0.2) is 4.98 Å². The molecule has 0 aliphatic rings.